The minimum absolute atomic E-state index is 0.124. The Labute approximate surface area is 239 Å². The lowest BCUT2D eigenvalue weighted by molar-refractivity contribution is -0.115. The monoisotopic (exact) mass is 544 g/mol. The fraction of sp³-hybridized carbons (Fsp3) is 0.242. The number of hydrogen-bond donors (Lipinski definition) is 4. The molecule has 0 heterocycles. The molecular formula is C33H40N2OS2. The molecule has 0 bridgehead atoms. The van der Waals surface area contributed by atoms with E-state index in [0.29, 0.717) is 11.8 Å². The molecule has 0 aliphatic rings. The Morgan fingerprint density at radius 2 is 1.39 bits per heavy atom. The number of nitrogens with one attached hydrogen (secondary N) is 1. The molecule has 3 aromatic rings. The van der Waals surface area contributed by atoms with Gasteiger partial charge < -0.3 is 5.32 Å². The van der Waals surface area contributed by atoms with E-state index in [2.05, 4.69) is 123 Å². The van der Waals surface area contributed by atoms with E-state index in [9.17, 15) is 4.79 Å². The van der Waals surface area contributed by atoms with Gasteiger partial charge in [-0.2, -0.15) is 0 Å². The van der Waals surface area contributed by atoms with Gasteiger partial charge in [0.25, 0.3) is 0 Å². The van der Waals surface area contributed by atoms with Gasteiger partial charge >= 0.3 is 0 Å². The number of benzene rings is 3. The first-order valence-electron chi connectivity index (χ1n) is 13.0. The molecule has 0 radical (unpaired) electrons. The van der Waals surface area contributed by atoms with Crippen LogP contribution in [0.2, 0.25) is 0 Å². The number of thiol groups is 2. The first kappa shape index (κ1) is 31.2. The smallest absolute Gasteiger partial charge is 0.248 e. The number of carbonyl (C=O) groups is 1. The van der Waals surface area contributed by atoms with Gasteiger partial charge in [0.05, 0.1) is 0 Å². The van der Waals surface area contributed by atoms with Crippen LogP contribution in [0.15, 0.2) is 108 Å². The molecular weight excluding hydrogens is 505 g/mol. The highest BCUT2D eigenvalue weighted by atomic mass is 32.1. The first-order chi connectivity index (χ1) is 18.4. The van der Waals surface area contributed by atoms with Gasteiger partial charge in [0.1, 0.15) is 0 Å². The predicted octanol–water partition coefficient (Wildman–Crippen LogP) is 8.73. The Hall–Kier alpha value is -2.99. The predicted molar refractivity (Wildman–Crippen MR) is 172 cm³/mol. The highest BCUT2D eigenvalue weighted by Crippen LogP contribution is 2.29. The maximum atomic E-state index is 12.5. The fourth-order valence-electron chi connectivity index (χ4n) is 4.44. The molecule has 3 aromatic carbocycles. The number of amides is 1. The van der Waals surface area contributed by atoms with E-state index in [1.165, 1.54) is 16.7 Å². The Kier molecular flexibility index (Phi) is 13.8. The van der Waals surface area contributed by atoms with Crippen LogP contribution in [0.3, 0.4) is 0 Å². The number of hydrogen-bond acceptors (Lipinski definition) is 4. The third kappa shape index (κ3) is 9.71. The zero-order valence-corrected chi connectivity index (χ0v) is 24.6. The molecule has 3 nitrogen and oxygen atoms in total. The molecule has 38 heavy (non-hydrogen) atoms. The van der Waals surface area contributed by atoms with Crippen LogP contribution in [-0.4, -0.2) is 5.91 Å². The molecule has 3 N–H and O–H groups in total. The average molecular weight is 545 g/mol. The summed E-state index contributed by atoms with van der Waals surface area (Å²) in [4.78, 5) is 13.6. The summed E-state index contributed by atoms with van der Waals surface area (Å²) in [5.74, 6) is 0.548. The molecule has 2 unspecified atom stereocenters. The summed E-state index contributed by atoms with van der Waals surface area (Å²) in [5.41, 5.74) is 6.59. The Morgan fingerprint density at radius 3 is 1.89 bits per heavy atom. The van der Waals surface area contributed by atoms with Crippen molar-refractivity contribution in [3.63, 3.8) is 0 Å². The molecule has 0 aromatic heterocycles. The molecule has 3 rings (SSSR count). The van der Waals surface area contributed by atoms with E-state index in [1.54, 1.807) is 6.08 Å². The van der Waals surface area contributed by atoms with Gasteiger partial charge in [-0.25, -0.2) is 0 Å². The lowest BCUT2D eigenvalue weighted by atomic mass is 9.88. The highest BCUT2D eigenvalue weighted by Gasteiger charge is 2.17. The van der Waals surface area contributed by atoms with Crippen molar-refractivity contribution in [3.8, 4) is 22.3 Å². The van der Waals surface area contributed by atoms with Crippen LogP contribution < -0.4 is 10.5 Å². The van der Waals surface area contributed by atoms with E-state index >= 15 is 0 Å². The van der Waals surface area contributed by atoms with Crippen LogP contribution in [0.25, 0.3) is 28.3 Å². The molecule has 0 aliphatic carbocycles. The summed E-state index contributed by atoms with van der Waals surface area (Å²) in [5, 5.41) is 7.18. The summed E-state index contributed by atoms with van der Waals surface area (Å²) in [6.07, 6.45) is 9.81. The van der Waals surface area contributed by atoms with Gasteiger partial charge in [0.15, 0.2) is 0 Å². The van der Waals surface area contributed by atoms with Crippen molar-refractivity contribution < 1.29 is 4.79 Å². The first-order valence-corrected chi connectivity index (χ1v) is 13.9. The van der Waals surface area contributed by atoms with Crippen LogP contribution in [0.1, 0.15) is 46.1 Å². The van der Waals surface area contributed by atoms with Crippen LogP contribution in [0.5, 0.6) is 0 Å². The van der Waals surface area contributed by atoms with E-state index in [4.69, 9.17) is 0 Å². The van der Waals surface area contributed by atoms with Gasteiger partial charge in [0.2, 0.25) is 5.91 Å². The molecule has 0 aliphatic heterocycles. The molecule has 200 valence electrons. The summed E-state index contributed by atoms with van der Waals surface area (Å²) >= 11 is 7.68. The van der Waals surface area contributed by atoms with Crippen molar-refractivity contribution >= 4 is 37.4 Å². The summed E-state index contributed by atoms with van der Waals surface area (Å²) < 4.78 is 0. The largest absolute Gasteiger partial charge is 0.327 e. The van der Waals surface area contributed by atoms with Crippen LogP contribution in [0, 0.1) is 11.8 Å². The number of nitrogens with two attached hydrogens (primary N) is 1. The van der Waals surface area contributed by atoms with Gasteiger partial charge in [-0.3, -0.25) is 9.93 Å². The van der Waals surface area contributed by atoms with Crippen molar-refractivity contribution in [2.45, 2.75) is 40.5 Å². The summed E-state index contributed by atoms with van der Waals surface area (Å²) in [6.45, 7) is 8.34. The Morgan fingerprint density at radius 1 is 0.895 bits per heavy atom. The quantitative estimate of drug-likeness (QED) is 0.152. The van der Waals surface area contributed by atoms with Crippen LogP contribution in [-0.2, 0) is 4.79 Å². The second kappa shape index (κ2) is 16.8. The van der Waals surface area contributed by atoms with Gasteiger partial charge in [-0.15, -0.1) is 25.4 Å². The normalized spacial score (nSPS) is 13.4. The summed E-state index contributed by atoms with van der Waals surface area (Å²) in [6, 6.07) is 27.2. The van der Waals surface area contributed by atoms with E-state index in [-0.39, 0.29) is 5.91 Å². The third-order valence-corrected chi connectivity index (χ3v) is 7.00. The molecule has 1 amide bonds. The standard InChI is InChI=1S/C33H37NOS.H3NS/c1-5-10-31(32(36)6-2)24(3)23-25(4)34-33(35)22-15-26-13-16-28(17-14-26)30-20-18-29(19-21-30)27-11-8-7-9-12-27;1-2/h6-9,11-24,31,36H,5,10H2,1-4H3,(H,34,35);2H,1H2/b22-15+,25-23+,32-6-;. The molecule has 0 spiro atoms. The van der Waals surface area contributed by atoms with Crippen molar-refractivity contribution in [2.24, 2.45) is 17.0 Å². The van der Waals surface area contributed by atoms with E-state index < -0.39 is 0 Å². The second-order valence-corrected chi connectivity index (χ2v) is 9.72. The lowest BCUT2D eigenvalue weighted by Crippen LogP contribution is -2.20. The van der Waals surface area contributed by atoms with Crippen LogP contribution in [0.4, 0.5) is 0 Å². The summed E-state index contributed by atoms with van der Waals surface area (Å²) in [7, 11) is 0. The van der Waals surface area contributed by atoms with Gasteiger partial charge in [-0.1, -0.05) is 111 Å². The molecule has 0 fully saturated rings. The number of allylic oxidation sites excluding steroid dienone is 4. The van der Waals surface area contributed by atoms with Crippen molar-refractivity contribution in [1.29, 1.82) is 0 Å². The van der Waals surface area contributed by atoms with E-state index in [0.717, 1.165) is 34.6 Å². The van der Waals surface area contributed by atoms with Gasteiger partial charge in [0, 0.05) is 11.8 Å². The maximum Gasteiger partial charge on any atom is 0.248 e. The van der Waals surface area contributed by atoms with Crippen molar-refractivity contribution in [2.75, 3.05) is 0 Å². The van der Waals surface area contributed by atoms with Gasteiger partial charge in [-0.05, 0) is 70.9 Å². The minimum Gasteiger partial charge on any atom is -0.327 e. The molecule has 0 saturated heterocycles. The fourth-order valence-corrected chi connectivity index (χ4v) is 4.80. The van der Waals surface area contributed by atoms with Crippen LogP contribution >= 0.6 is 25.4 Å². The Balaban J connectivity index is 0.00000247. The average Bonchev–Trinajstić information content (AvgIpc) is 2.96. The highest BCUT2D eigenvalue weighted by molar-refractivity contribution is 7.84. The molecule has 5 heteroatoms. The zero-order chi connectivity index (χ0) is 27.9. The number of carbonyl (C=O) groups excluding carboxylic acids is 1. The molecule has 0 saturated carbocycles. The Bertz CT molecular complexity index is 1210. The topological polar surface area (TPSA) is 55.1 Å². The maximum absolute atomic E-state index is 12.5. The lowest BCUT2D eigenvalue weighted by Gasteiger charge is -2.22. The van der Waals surface area contributed by atoms with Crippen molar-refractivity contribution in [1.82, 2.24) is 5.32 Å². The van der Waals surface area contributed by atoms with E-state index in [1.807, 2.05) is 38.1 Å². The van der Waals surface area contributed by atoms with Crippen molar-refractivity contribution in [3.05, 3.63) is 113 Å². The minimum atomic E-state index is -0.124. The third-order valence-electron chi connectivity index (χ3n) is 6.41. The molecule has 2 atom stereocenters. The second-order valence-electron chi connectivity index (χ2n) is 9.21. The number of rotatable bonds is 10. The SMILES string of the molecule is C/C=C(\S)C(CCC)C(C)/C=C(\C)NC(=O)/C=C/c1ccc(-c2ccc(-c3ccccc3)cc2)cc1.NS. The zero-order valence-electron chi connectivity index (χ0n) is 22.8.